The third-order valence-corrected chi connectivity index (χ3v) is 3.21. The molecule has 0 bridgehead atoms. The molecule has 0 amide bonds. The molecule has 0 spiro atoms. The van der Waals surface area contributed by atoms with Gasteiger partial charge in [0.25, 0.3) is 5.56 Å². The van der Waals surface area contributed by atoms with Crippen molar-refractivity contribution < 1.29 is 17.8 Å². The molecule has 0 radical (unpaired) electrons. The summed E-state index contributed by atoms with van der Waals surface area (Å²) in [7, 11) is 0. The maximum atomic E-state index is 13.1. The summed E-state index contributed by atoms with van der Waals surface area (Å²) in [5.41, 5.74) is 4.69. The molecular weight excluding hydrogens is 270 g/mol. The number of hydrogen-bond acceptors (Lipinski definition) is 5. The highest BCUT2D eigenvalue weighted by Crippen LogP contribution is 2.24. The molecule has 3 rings (SSSR count). The molecule has 6 nitrogen and oxygen atoms in total. The van der Waals surface area contributed by atoms with E-state index in [1.807, 2.05) is 0 Å². The van der Waals surface area contributed by atoms with Crippen LogP contribution in [0.3, 0.4) is 0 Å². The molecule has 1 aliphatic carbocycles. The zero-order chi connectivity index (χ0) is 20.3. The molecule has 6 heteroatoms. The van der Waals surface area contributed by atoms with Crippen LogP contribution < -0.4 is 11.3 Å². The van der Waals surface area contributed by atoms with Crippen LogP contribution >= 0.6 is 0 Å². The molecule has 0 saturated heterocycles. The number of aryl methyl sites for hydroxylation is 1. The van der Waals surface area contributed by atoms with Crippen LogP contribution in [0, 0.1) is 6.90 Å². The zero-order valence-electron chi connectivity index (χ0n) is 16.8. The quantitative estimate of drug-likeness (QED) is 0.628. The Morgan fingerprint density at radius 2 is 2.33 bits per heavy atom. The van der Waals surface area contributed by atoms with E-state index in [2.05, 4.69) is 4.98 Å². The Labute approximate surface area is 129 Å². The number of benzene rings is 1. The summed E-state index contributed by atoms with van der Waals surface area (Å²) in [5, 5.41) is -0.222. The summed E-state index contributed by atoms with van der Waals surface area (Å²) in [4.78, 5) is 41.5. The third-order valence-electron chi connectivity index (χ3n) is 3.21. The number of carbonyl (C=O) groups excluding carboxylic acids is 2. The van der Waals surface area contributed by atoms with E-state index in [1.165, 1.54) is 12.1 Å². The van der Waals surface area contributed by atoms with E-state index in [4.69, 9.17) is 14.0 Å². The lowest BCUT2D eigenvalue weighted by Gasteiger charge is -2.24. The molecule has 0 aliphatic heterocycles. The molecule has 1 saturated carbocycles. The van der Waals surface area contributed by atoms with Crippen LogP contribution in [0.1, 0.15) is 39.3 Å². The van der Waals surface area contributed by atoms with Gasteiger partial charge < -0.3 is 5.73 Å². The van der Waals surface area contributed by atoms with Crippen molar-refractivity contribution in [2.24, 2.45) is 0 Å². The topological polar surface area (TPSA) is 95.0 Å². The van der Waals surface area contributed by atoms with Crippen LogP contribution in [0.15, 0.2) is 23.0 Å². The second-order valence-corrected chi connectivity index (χ2v) is 4.59. The average molecular weight is 291 g/mol. The van der Waals surface area contributed by atoms with E-state index in [0.29, 0.717) is 4.57 Å². The van der Waals surface area contributed by atoms with Crippen LogP contribution in [-0.4, -0.2) is 21.1 Å². The van der Waals surface area contributed by atoms with Gasteiger partial charge in [-0.2, -0.15) is 0 Å². The van der Waals surface area contributed by atoms with Crippen molar-refractivity contribution in [1.82, 2.24) is 9.55 Å². The van der Waals surface area contributed by atoms with Gasteiger partial charge in [-0.3, -0.25) is 19.0 Å². The predicted octanol–water partition coefficient (Wildman–Crippen LogP) is 1.15. The fourth-order valence-electron chi connectivity index (χ4n) is 2.26. The van der Waals surface area contributed by atoms with Crippen molar-refractivity contribution in [3.63, 3.8) is 0 Å². The van der Waals surface area contributed by atoms with E-state index in [1.54, 1.807) is 0 Å². The highest BCUT2D eigenvalue weighted by molar-refractivity contribution is 6.03. The van der Waals surface area contributed by atoms with Crippen molar-refractivity contribution in [2.75, 3.05) is 5.73 Å². The number of fused-ring (bicyclic) bond motifs is 1. The van der Waals surface area contributed by atoms with Gasteiger partial charge in [-0.15, -0.1) is 0 Å². The van der Waals surface area contributed by atoms with Gasteiger partial charge in [0.1, 0.15) is 11.6 Å². The summed E-state index contributed by atoms with van der Waals surface area (Å²) >= 11 is 0. The molecule has 1 unspecified atom stereocenters. The van der Waals surface area contributed by atoms with Gasteiger partial charge in [-0.25, -0.2) is 4.98 Å². The van der Waals surface area contributed by atoms with Crippen LogP contribution in [0.5, 0.6) is 0 Å². The maximum absolute atomic E-state index is 13.1. The minimum absolute atomic E-state index is 0.0786. The molecule has 1 heterocycles. The Kier molecular flexibility index (Phi) is 1.84. The monoisotopic (exact) mass is 291 g/mol. The SMILES string of the molecule is [2H]Cc1nc2ccc([2H])c(N)c2c(=O)n1C1C(=O)CC(=O)C([2H])([2H])C1([2H])[2H]. The van der Waals surface area contributed by atoms with Crippen molar-refractivity contribution in [2.45, 2.75) is 32.1 Å². The van der Waals surface area contributed by atoms with Crippen LogP contribution in [0.2, 0.25) is 0 Å². The second kappa shape index (κ2) is 4.80. The molecule has 1 aromatic carbocycles. The van der Waals surface area contributed by atoms with Gasteiger partial charge in [0.05, 0.1) is 24.7 Å². The first kappa shape index (κ1) is 8.07. The highest BCUT2D eigenvalue weighted by Gasteiger charge is 2.30. The summed E-state index contributed by atoms with van der Waals surface area (Å²) in [5.74, 6) is -2.47. The number of aromatic nitrogens is 2. The molecule has 108 valence electrons. The smallest absolute Gasteiger partial charge is 0.264 e. The van der Waals surface area contributed by atoms with E-state index in [-0.39, 0.29) is 28.5 Å². The fraction of sp³-hybridized carbons (Fsp3) is 0.333. The first-order valence-corrected chi connectivity index (χ1v) is 6.10. The number of nitrogens with two attached hydrogens (primary N) is 1. The zero-order valence-corrected chi connectivity index (χ0v) is 10.8. The number of Topliss-reactive ketones (excluding diaryl/α,β-unsaturated/α-hetero) is 2. The number of rotatable bonds is 1. The first-order chi connectivity index (χ1) is 12.4. The van der Waals surface area contributed by atoms with Crippen molar-refractivity contribution in [3.05, 3.63) is 34.4 Å². The lowest BCUT2D eigenvalue weighted by Crippen LogP contribution is -2.36. The summed E-state index contributed by atoms with van der Waals surface area (Å²) in [6.45, 7) is -0.593. The normalized spacial score (nSPS) is 28.1. The second-order valence-electron chi connectivity index (χ2n) is 4.59. The Hall–Kier alpha value is -2.50. The molecule has 2 N–H and O–H groups in total. The van der Waals surface area contributed by atoms with Crippen molar-refractivity contribution >= 4 is 28.2 Å². The van der Waals surface area contributed by atoms with Gasteiger partial charge in [-0.05, 0) is 25.4 Å². The molecule has 1 aliphatic rings. The number of carbonyl (C=O) groups is 2. The van der Waals surface area contributed by atoms with E-state index < -0.39 is 49.2 Å². The minimum atomic E-state index is -3.05. The summed E-state index contributed by atoms with van der Waals surface area (Å²) in [6, 6.07) is 0.502. The largest absolute Gasteiger partial charge is 0.398 e. The van der Waals surface area contributed by atoms with E-state index >= 15 is 0 Å². The number of nitrogens with zero attached hydrogens (tertiary/aromatic N) is 2. The van der Waals surface area contributed by atoms with Crippen molar-refractivity contribution in [3.8, 4) is 0 Å². The van der Waals surface area contributed by atoms with Gasteiger partial charge in [0.2, 0.25) is 0 Å². The minimum Gasteiger partial charge on any atom is -0.398 e. The van der Waals surface area contributed by atoms with Crippen LogP contribution in [-0.2, 0) is 9.59 Å². The van der Waals surface area contributed by atoms with Gasteiger partial charge >= 0.3 is 0 Å². The van der Waals surface area contributed by atoms with E-state index in [0.717, 1.165) is 0 Å². The molecule has 1 fully saturated rings. The standard InChI is InChI=1S/C15H15N3O3/c1-8-17-11-4-2-3-10(16)14(11)15(21)18(8)12-6-5-9(19)7-13(12)20/h2-4,12H,5-7,16H2,1H3/i1D,3D,5D2,6D2. The Bertz CT molecular complexity index is 1050. The summed E-state index contributed by atoms with van der Waals surface area (Å²) < 4.78 is 47.7. The number of anilines is 1. The molecule has 1 aromatic heterocycles. The van der Waals surface area contributed by atoms with Gasteiger partial charge in [0, 0.05) is 18.9 Å². The Morgan fingerprint density at radius 3 is 3.10 bits per heavy atom. The molecule has 2 aromatic rings. The predicted molar refractivity (Wildman–Crippen MR) is 78.1 cm³/mol. The van der Waals surface area contributed by atoms with Crippen LogP contribution in [0.4, 0.5) is 5.69 Å². The van der Waals surface area contributed by atoms with Crippen molar-refractivity contribution in [1.29, 1.82) is 0 Å². The van der Waals surface area contributed by atoms with E-state index in [9.17, 15) is 14.4 Å². The number of hydrogen-bond donors (Lipinski definition) is 1. The lowest BCUT2D eigenvalue weighted by molar-refractivity contribution is -0.132. The highest BCUT2D eigenvalue weighted by atomic mass is 16.2. The summed E-state index contributed by atoms with van der Waals surface area (Å²) in [6.07, 6.45) is -6.94. The Morgan fingerprint density at radius 1 is 1.52 bits per heavy atom. The maximum Gasteiger partial charge on any atom is 0.264 e. The molecule has 21 heavy (non-hydrogen) atoms. The Balaban J connectivity index is 2.41. The van der Waals surface area contributed by atoms with Gasteiger partial charge in [-0.1, -0.05) is 6.07 Å². The molecular formula is C15H15N3O3. The molecule has 1 atom stereocenters. The third kappa shape index (κ3) is 2.12. The number of nitrogen functional groups attached to an aromatic ring is 1. The fourth-order valence-corrected chi connectivity index (χ4v) is 2.26. The van der Waals surface area contributed by atoms with Crippen LogP contribution in [0.25, 0.3) is 10.9 Å². The van der Waals surface area contributed by atoms with Gasteiger partial charge in [0.15, 0.2) is 5.78 Å². The average Bonchev–Trinajstić information content (AvgIpc) is 2.58. The lowest BCUT2D eigenvalue weighted by atomic mass is 9.92. The first-order valence-electron chi connectivity index (χ1n) is 9.31. The number of ketones is 2.